The highest BCUT2D eigenvalue weighted by Gasteiger charge is 2.27. The summed E-state index contributed by atoms with van der Waals surface area (Å²) >= 11 is 0. The van der Waals surface area contributed by atoms with Crippen LogP contribution in [0.4, 0.5) is 5.69 Å². The van der Waals surface area contributed by atoms with Crippen LogP contribution in [0, 0.1) is 31.1 Å². The molecule has 0 aromatic heterocycles. The molecule has 0 radical (unpaired) electrons. The Morgan fingerprint density at radius 3 is 2.50 bits per heavy atom. The summed E-state index contributed by atoms with van der Waals surface area (Å²) in [5.41, 5.74) is 7.67. The predicted molar refractivity (Wildman–Crippen MR) is 79.5 cm³/mol. The van der Waals surface area contributed by atoms with Gasteiger partial charge in [-0.25, -0.2) is 8.42 Å². The normalized spacial score (nSPS) is 13.2. The van der Waals surface area contributed by atoms with E-state index in [0.29, 0.717) is 17.8 Å². The van der Waals surface area contributed by atoms with E-state index in [1.54, 1.807) is 32.9 Å². The summed E-state index contributed by atoms with van der Waals surface area (Å²) < 4.78 is 26.7. The molecule has 0 heterocycles. The van der Waals surface area contributed by atoms with Crippen molar-refractivity contribution in [2.75, 3.05) is 18.8 Å². The molecule has 1 atom stereocenters. The highest BCUT2D eigenvalue weighted by Crippen LogP contribution is 2.26. The minimum atomic E-state index is -3.63. The van der Waals surface area contributed by atoms with Crippen LogP contribution in [0.3, 0.4) is 0 Å². The van der Waals surface area contributed by atoms with Gasteiger partial charge in [0.25, 0.3) is 0 Å². The largest absolute Gasteiger partial charge is 0.398 e. The zero-order valence-corrected chi connectivity index (χ0v) is 13.2. The summed E-state index contributed by atoms with van der Waals surface area (Å²) in [5.74, 6) is -0.354. The lowest BCUT2D eigenvalue weighted by atomic mass is 10.1. The molecule has 0 saturated carbocycles. The van der Waals surface area contributed by atoms with Gasteiger partial charge in [0.15, 0.2) is 0 Å². The minimum Gasteiger partial charge on any atom is -0.398 e. The molecule has 1 rings (SSSR count). The first-order valence-electron chi connectivity index (χ1n) is 6.50. The summed E-state index contributed by atoms with van der Waals surface area (Å²) in [7, 11) is -3.63. The van der Waals surface area contributed by atoms with Crippen LogP contribution in [0.2, 0.25) is 0 Å². The van der Waals surface area contributed by atoms with E-state index in [0.717, 1.165) is 5.56 Å². The van der Waals surface area contributed by atoms with Crippen molar-refractivity contribution < 1.29 is 8.42 Å². The number of nitriles is 1. The summed E-state index contributed by atoms with van der Waals surface area (Å²) in [5, 5.41) is 8.87. The third-order valence-electron chi connectivity index (χ3n) is 3.21. The van der Waals surface area contributed by atoms with Gasteiger partial charge in [0.2, 0.25) is 10.0 Å². The Morgan fingerprint density at radius 2 is 2.00 bits per heavy atom. The van der Waals surface area contributed by atoms with E-state index in [-0.39, 0.29) is 17.4 Å². The van der Waals surface area contributed by atoms with Crippen LogP contribution in [0.25, 0.3) is 0 Å². The Kier molecular flexibility index (Phi) is 5.15. The maximum atomic E-state index is 12.7. The van der Waals surface area contributed by atoms with Crippen molar-refractivity contribution in [1.29, 1.82) is 5.26 Å². The fraction of sp³-hybridized carbons (Fsp3) is 0.500. The first-order valence-corrected chi connectivity index (χ1v) is 7.94. The van der Waals surface area contributed by atoms with Gasteiger partial charge in [-0.15, -0.1) is 0 Å². The average Bonchev–Trinajstić information content (AvgIpc) is 2.39. The van der Waals surface area contributed by atoms with Gasteiger partial charge < -0.3 is 5.73 Å². The number of nitrogen functional groups attached to an aromatic ring is 1. The number of benzene rings is 1. The van der Waals surface area contributed by atoms with Gasteiger partial charge in [-0.3, -0.25) is 0 Å². The number of nitrogens with two attached hydrogens (primary N) is 1. The van der Waals surface area contributed by atoms with Crippen molar-refractivity contribution in [2.24, 2.45) is 5.92 Å². The highest BCUT2D eigenvalue weighted by molar-refractivity contribution is 7.89. The van der Waals surface area contributed by atoms with Crippen LogP contribution in [-0.4, -0.2) is 25.8 Å². The summed E-state index contributed by atoms with van der Waals surface area (Å²) in [4.78, 5) is 0.224. The monoisotopic (exact) mass is 295 g/mol. The van der Waals surface area contributed by atoms with Gasteiger partial charge in [0, 0.05) is 18.8 Å². The molecule has 0 saturated heterocycles. The van der Waals surface area contributed by atoms with Crippen molar-refractivity contribution in [2.45, 2.75) is 32.6 Å². The number of anilines is 1. The van der Waals surface area contributed by atoms with Gasteiger partial charge in [-0.2, -0.15) is 9.57 Å². The lowest BCUT2D eigenvalue weighted by Crippen LogP contribution is -2.34. The van der Waals surface area contributed by atoms with E-state index in [1.165, 1.54) is 4.31 Å². The lowest BCUT2D eigenvalue weighted by molar-refractivity contribution is 0.399. The van der Waals surface area contributed by atoms with E-state index in [2.05, 4.69) is 6.07 Å². The van der Waals surface area contributed by atoms with E-state index < -0.39 is 10.0 Å². The molecule has 0 aliphatic carbocycles. The van der Waals surface area contributed by atoms with Crippen molar-refractivity contribution >= 4 is 15.7 Å². The molecule has 0 spiro atoms. The molecule has 6 heteroatoms. The molecule has 1 aromatic rings. The molecule has 0 fully saturated rings. The molecule has 1 unspecified atom stereocenters. The molecule has 20 heavy (non-hydrogen) atoms. The van der Waals surface area contributed by atoms with Crippen molar-refractivity contribution in [3.8, 4) is 6.07 Å². The second-order valence-electron chi connectivity index (χ2n) is 4.96. The third kappa shape index (κ3) is 3.30. The van der Waals surface area contributed by atoms with Crippen molar-refractivity contribution in [3.05, 3.63) is 23.3 Å². The minimum absolute atomic E-state index is 0.183. The highest BCUT2D eigenvalue weighted by atomic mass is 32.2. The van der Waals surface area contributed by atoms with Gasteiger partial charge >= 0.3 is 0 Å². The molecule has 0 amide bonds. The number of nitrogens with zero attached hydrogens (tertiary/aromatic N) is 2. The van der Waals surface area contributed by atoms with Gasteiger partial charge in [0.05, 0.1) is 16.9 Å². The SMILES string of the molecule is CCN(CC(C)C#N)S(=O)(=O)c1cc(C)cc(N)c1C. The third-order valence-corrected chi connectivity index (χ3v) is 5.28. The Hall–Kier alpha value is -1.58. The summed E-state index contributed by atoms with van der Waals surface area (Å²) in [6.07, 6.45) is 0. The molecule has 110 valence electrons. The van der Waals surface area contributed by atoms with Gasteiger partial charge in [-0.05, 0) is 44.0 Å². The Morgan fingerprint density at radius 1 is 1.40 bits per heavy atom. The smallest absolute Gasteiger partial charge is 0.243 e. The van der Waals surface area contributed by atoms with Crippen LogP contribution >= 0.6 is 0 Å². The molecule has 1 aromatic carbocycles. The zero-order valence-electron chi connectivity index (χ0n) is 12.3. The van der Waals surface area contributed by atoms with E-state index >= 15 is 0 Å². The number of hydrogen-bond donors (Lipinski definition) is 1. The van der Waals surface area contributed by atoms with Crippen LogP contribution < -0.4 is 5.73 Å². The first kappa shape index (κ1) is 16.5. The fourth-order valence-corrected chi connectivity index (χ4v) is 3.88. The topological polar surface area (TPSA) is 87.2 Å². The molecule has 0 aliphatic heterocycles. The summed E-state index contributed by atoms with van der Waals surface area (Å²) in [6.45, 7) is 7.47. The Balaban J connectivity index is 3.32. The maximum absolute atomic E-state index is 12.7. The van der Waals surface area contributed by atoms with Crippen LogP contribution in [0.15, 0.2) is 17.0 Å². The van der Waals surface area contributed by atoms with E-state index in [4.69, 9.17) is 11.0 Å². The molecular weight excluding hydrogens is 274 g/mol. The first-order chi connectivity index (χ1) is 9.23. The second kappa shape index (κ2) is 6.25. The molecular formula is C14H21N3O2S. The maximum Gasteiger partial charge on any atom is 0.243 e. The van der Waals surface area contributed by atoms with E-state index in [9.17, 15) is 8.42 Å². The molecule has 0 aliphatic rings. The summed E-state index contributed by atoms with van der Waals surface area (Å²) in [6, 6.07) is 5.44. The molecule has 2 N–H and O–H groups in total. The standard InChI is InChI=1S/C14H21N3O2S/c1-5-17(9-11(3)8-15)20(18,19)14-7-10(2)6-13(16)12(14)4/h6-7,11H,5,9,16H2,1-4H3. The van der Waals surface area contributed by atoms with Crippen LogP contribution in [-0.2, 0) is 10.0 Å². The Labute approximate surface area is 121 Å². The zero-order chi connectivity index (χ0) is 15.5. The van der Waals surface area contributed by atoms with Crippen LogP contribution in [0.5, 0.6) is 0 Å². The lowest BCUT2D eigenvalue weighted by Gasteiger charge is -2.23. The van der Waals surface area contributed by atoms with Gasteiger partial charge in [-0.1, -0.05) is 6.92 Å². The Bertz CT molecular complexity index is 633. The number of aryl methyl sites for hydroxylation is 1. The fourth-order valence-electron chi connectivity index (χ4n) is 2.00. The van der Waals surface area contributed by atoms with E-state index in [1.807, 2.05) is 6.92 Å². The van der Waals surface area contributed by atoms with Crippen LogP contribution in [0.1, 0.15) is 25.0 Å². The number of hydrogen-bond acceptors (Lipinski definition) is 4. The van der Waals surface area contributed by atoms with Crippen molar-refractivity contribution in [1.82, 2.24) is 4.31 Å². The predicted octanol–water partition coefficient (Wildman–Crippen LogP) is 2.06. The average molecular weight is 295 g/mol. The van der Waals surface area contributed by atoms with Crippen molar-refractivity contribution in [3.63, 3.8) is 0 Å². The van der Waals surface area contributed by atoms with Gasteiger partial charge in [0.1, 0.15) is 0 Å². The quantitative estimate of drug-likeness (QED) is 0.842. The second-order valence-corrected chi connectivity index (χ2v) is 6.87. The number of sulfonamides is 1. The molecule has 5 nitrogen and oxygen atoms in total. The molecule has 0 bridgehead atoms. The number of rotatable bonds is 5.